The molecule has 21 heavy (non-hydrogen) atoms. The van der Waals surface area contributed by atoms with Crippen molar-refractivity contribution in [3.05, 3.63) is 0 Å². The number of rotatable bonds is 4. The Morgan fingerprint density at radius 3 is 2.43 bits per heavy atom. The monoisotopic (exact) mass is 318 g/mol. The quantitative estimate of drug-likeness (QED) is 0.798. The molecule has 0 spiro atoms. The van der Waals surface area contributed by atoms with Crippen LogP contribution in [-0.2, 0) is 19.7 Å². The van der Waals surface area contributed by atoms with Crippen molar-refractivity contribution in [2.45, 2.75) is 69.9 Å². The highest BCUT2D eigenvalue weighted by molar-refractivity contribution is 7.87. The highest BCUT2D eigenvalue weighted by Crippen LogP contribution is 2.31. The first-order valence-corrected chi connectivity index (χ1v) is 9.24. The van der Waals surface area contributed by atoms with Crippen LogP contribution in [0.3, 0.4) is 0 Å². The summed E-state index contributed by atoms with van der Waals surface area (Å²) in [4.78, 5) is 12.2. The average molecular weight is 318 g/mol. The summed E-state index contributed by atoms with van der Waals surface area (Å²) in [6.45, 7) is 2.44. The molecule has 122 valence electrons. The molecule has 1 saturated heterocycles. The van der Waals surface area contributed by atoms with Crippen LogP contribution in [-0.4, -0.2) is 43.9 Å². The lowest BCUT2D eigenvalue weighted by Gasteiger charge is -2.39. The molecular formula is C14H26N2O4S. The van der Waals surface area contributed by atoms with Crippen LogP contribution in [0.4, 0.5) is 0 Å². The first kappa shape index (κ1) is 16.7. The second-order valence-electron chi connectivity index (χ2n) is 6.20. The highest BCUT2D eigenvalue weighted by atomic mass is 32.2. The molecule has 1 heterocycles. The minimum Gasteiger partial charge on any atom is -0.468 e. The van der Waals surface area contributed by atoms with Crippen LogP contribution in [0, 0.1) is 0 Å². The van der Waals surface area contributed by atoms with Gasteiger partial charge in [0.05, 0.1) is 7.11 Å². The summed E-state index contributed by atoms with van der Waals surface area (Å²) in [6.07, 6.45) is 6.53. The molecule has 0 aromatic rings. The van der Waals surface area contributed by atoms with E-state index in [0.717, 1.165) is 38.5 Å². The van der Waals surface area contributed by atoms with Crippen LogP contribution in [0.1, 0.15) is 58.3 Å². The molecular weight excluding hydrogens is 292 g/mol. The number of methoxy groups -OCH3 is 1. The van der Waals surface area contributed by atoms with Gasteiger partial charge in [-0.25, -0.2) is 0 Å². The zero-order valence-corrected chi connectivity index (χ0v) is 13.7. The maximum absolute atomic E-state index is 12.7. The summed E-state index contributed by atoms with van der Waals surface area (Å²) in [5, 5.41) is 0. The predicted molar refractivity (Wildman–Crippen MR) is 79.9 cm³/mol. The summed E-state index contributed by atoms with van der Waals surface area (Å²) in [6, 6.07) is -0.0189. The van der Waals surface area contributed by atoms with Gasteiger partial charge in [-0.3, -0.25) is 4.79 Å². The van der Waals surface area contributed by atoms with Crippen LogP contribution >= 0.6 is 0 Å². The van der Waals surface area contributed by atoms with Gasteiger partial charge in [-0.1, -0.05) is 25.7 Å². The lowest BCUT2D eigenvalue weighted by molar-refractivity contribution is -0.149. The molecule has 0 radical (unpaired) electrons. The molecule has 0 unspecified atom stereocenters. The molecule has 2 aliphatic rings. The van der Waals surface area contributed by atoms with Crippen LogP contribution in [0.15, 0.2) is 0 Å². The number of nitrogens with one attached hydrogen (secondary N) is 1. The van der Waals surface area contributed by atoms with Crippen molar-refractivity contribution in [1.82, 2.24) is 9.03 Å². The van der Waals surface area contributed by atoms with Gasteiger partial charge in [-0.05, 0) is 32.6 Å². The van der Waals surface area contributed by atoms with Gasteiger partial charge in [0.25, 0.3) is 10.2 Å². The number of esters is 1. The molecule has 1 saturated carbocycles. The van der Waals surface area contributed by atoms with Crippen LogP contribution in [0.25, 0.3) is 0 Å². The van der Waals surface area contributed by atoms with E-state index in [9.17, 15) is 13.2 Å². The number of carbonyl (C=O) groups excluding carboxylic acids is 1. The Morgan fingerprint density at radius 2 is 1.86 bits per heavy atom. The Labute approximate surface area is 127 Å². The SMILES string of the molecule is COC(=O)C1(NS(=O)(=O)N2CCCC[C@H]2C)CCCCC1. The normalized spacial score (nSPS) is 27.2. The van der Waals surface area contributed by atoms with E-state index in [1.807, 2.05) is 6.92 Å². The lowest BCUT2D eigenvalue weighted by atomic mass is 9.83. The predicted octanol–water partition coefficient (Wildman–Crippen LogP) is 1.57. The zero-order valence-electron chi connectivity index (χ0n) is 12.9. The average Bonchev–Trinajstić information content (AvgIpc) is 2.47. The third-order valence-electron chi connectivity index (χ3n) is 4.66. The Morgan fingerprint density at radius 1 is 1.19 bits per heavy atom. The second kappa shape index (κ2) is 6.62. The minimum absolute atomic E-state index is 0.0189. The van der Waals surface area contributed by atoms with E-state index >= 15 is 0 Å². The van der Waals surface area contributed by atoms with Gasteiger partial charge in [-0.15, -0.1) is 0 Å². The smallest absolute Gasteiger partial charge is 0.327 e. The van der Waals surface area contributed by atoms with Crippen molar-refractivity contribution in [2.75, 3.05) is 13.7 Å². The molecule has 0 aromatic carbocycles. The molecule has 2 fully saturated rings. The molecule has 1 aliphatic heterocycles. The summed E-state index contributed by atoms with van der Waals surface area (Å²) in [5.41, 5.74) is -1.08. The number of nitrogens with zero attached hydrogens (tertiary/aromatic N) is 1. The van der Waals surface area contributed by atoms with Crippen molar-refractivity contribution in [3.63, 3.8) is 0 Å². The van der Waals surface area contributed by atoms with Gasteiger partial charge in [-0.2, -0.15) is 17.4 Å². The highest BCUT2D eigenvalue weighted by Gasteiger charge is 2.45. The Bertz CT molecular complexity index is 471. The third kappa shape index (κ3) is 3.57. The maximum atomic E-state index is 12.7. The minimum atomic E-state index is -3.66. The summed E-state index contributed by atoms with van der Waals surface area (Å²) in [5.74, 6) is -0.463. The number of piperidine rings is 1. The second-order valence-corrected chi connectivity index (χ2v) is 7.82. The zero-order chi connectivity index (χ0) is 15.5. The fourth-order valence-electron chi connectivity index (χ4n) is 3.43. The number of hydrogen-bond donors (Lipinski definition) is 1. The molecule has 7 heteroatoms. The summed E-state index contributed by atoms with van der Waals surface area (Å²) in [7, 11) is -2.35. The van der Waals surface area contributed by atoms with Gasteiger partial charge < -0.3 is 4.74 Å². The van der Waals surface area contributed by atoms with Gasteiger partial charge in [0.1, 0.15) is 5.54 Å². The summed E-state index contributed by atoms with van der Waals surface area (Å²) < 4.78 is 34.4. The summed E-state index contributed by atoms with van der Waals surface area (Å²) >= 11 is 0. The largest absolute Gasteiger partial charge is 0.468 e. The van der Waals surface area contributed by atoms with E-state index < -0.39 is 21.7 Å². The standard InChI is InChI=1S/C14H26N2O4S/c1-12-8-4-7-11-16(12)21(18,19)15-14(13(17)20-2)9-5-3-6-10-14/h12,15H,3-11H2,1-2H3/t12-/m1/s1. The first-order chi connectivity index (χ1) is 9.91. The lowest BCUT2D eigenvalue weighted by Crippen LogP contribution is -2.60. The van der Waals surface area contributed by atoms with Crippen LogP contribution in [0.5, 0.6) is 0 Å². The molecule has 6 nitrogen and oxygen atoms in total. The van der Waals surface area contributed by atoms with E-state index in [-0.39, 0.29) is 6.04 Å². The van der Waals surface area contributed by atoms with Gasteiger partial charge >= 0.3 is 5.97 Å². The van der Waals surface area contributed by atoms with Crippen molar-refractivity contribution in [2.24, 2.45) is 0 Å². The molecule has 1 N–H and O–H groups in total. The van der Waals surface area contributed by atoms with Gasteiger partial charge in [0.15, 0.2) is 0 Å². The van der Waals surface area contributed by atoms with Crippen molar-refractivity contribution in [3.8, 4) is 0 Å². The van der Waals surface area contributed by atoms with Crippen molar-refractivity contribution >= 4 is 16.2 Å². The number of hydrogen-bond acceptors (Lipinski definition) is 4. The van der Waals surface area contributed by atoms with Crippen LogP contribution < -0.4 is 4.72 Å². The fourth-order valence-corrected chi connectivity index (χ4v) is 5.28. The van der Waals surface area contributed by atoms with Crippen molar-refractivity contribution < 1.29 is 17.9 Å². The van der Waals surface area contributed by atoms with Gasteiger partial charge in [0, 0.05) is 12.6 Å². The maximum Gasteiger partial charge on any atom is 0.327 e. The molecule has 2 rings (SSSR count). The van der Waals surface area contributed by atoms with Gasteiger partial charge in [0.2, 0.25) is 0 Å². The molecule has 0 bridgehead atoms. The molecule has 0 amide bonds. The number of ether oxygens (including phenoxy) is 1. The first-order valence-electron chi connectivity index (χ1n) is 7.80. The molecule has 1 atom stereocenters. The molecule has 0 aromatic heterocycles. The Hall–Kier alpha value is -0.660. The van der Waals surface area contributed by atoms with Crippen LogP contribution in [0.2, 0.25) is 0 Å². The fraction of sp³-hybridized carbons (Fsp3) is 0.929. The topological polar surface area (TPSA) is 75.7 Å². The van der Waals surface area contributed by atoms with E-state index in [1.165, 1.54) is 11.4 Å². The van der Waals surface area contributed by atoms with Crippen molar-refractivity contribution in [1.29, 1.82) is 0 Å². The molecule has 1 aliphatic carbocycles. The Balaban J connectivity index is 2.20. The van der Waals surface area contributed by atoms with E-state index in [0.29, 0.717) is 19.4 Å². The Kier molecular flexibility index (Phi) is 5.27. The van der Waals surface area contributed by atoms with E-state index in [4.69, 9.17) is 4.74 Å². The third-order valence-corrected chi connectivity index (χ3v) is 6.47. The van der Waals surface area contributed by atoms with E-state index in [2.05, 4.69) is 4.72 Å². The number of carbonyl (C=O) groups is 1. The van der Waals surface area contributed by atoms with E-state index in [1.54, 1.807) is 0 Å².